The van der Waals surface area contributed by atoms with Crippen LogP contribution in [-0.4, -0.2) is 9.97 Å². The van der Waals surface area contributed by atoms with Crippen LogP contribution in [0.2, 0.25) is 5.15 Å². The molecule has 0 bridgehead atoms. The van der Waals surface area contributed by atoms with Gasteiger partial charge in [0.25, 0.3) is 0 Å². The summed E-state index contributed by atoms with van der Waals surface area (Å²) < 4.78 is 0. The predicted octanol–water partition coefficient (Wildman–Crippen LogP) is 5.01. The highest BCUT2D eigenvalue weighted by atomic mass is 35.5. The quantitative estimate of drug-likeness (QED) is 0.725. The monoisotopic (exact) mass is 286 g/mol. The Bertz CT molecular complexity index is 610. The lowest BCUT2D eigenvalue weighted by Gasteiger charge is -2.13. The van der Waals surface area contributed by atoms with Crippen molar-refractivity contribution in [2.75, 3.05) is 0 Å². The van der Waals surface area contributed by atoms with Crippen LogP contribution < -0.4 is 0 Å². The van der Waals surface area contributed by atoms with Crippen LogP contribution >= 0.6 is 11.6 Å². The number of hydrogen-bond donors (Lipinski definition) is 0. The summed E-state index contributed by atoms with van der Waals surface area (Å²) in [6, 6.07) is 10.2. The van der Waals surface area contributed by atoms with Crippen LogP contribution in [0.25, 0.3) is 11.3 Å². The maximum atomic E-state index is 6.33. The van der Waals surface area contributed by atoms with Crippen molar-refractivity contribution in [2.45, 2.75) is 39.0 Å². The van der Waals surface area contributed by atoms with Gasteiger partial charge in [-0.3, -0.25) is 0 Å². The first-order chi connectivity index (χ1) is 9.65. The molecule has 0 spiro atoms. The molecule has 1 aromatic heterocycles. The summed E-state index contributed by atoms with van der Waals surface area (Å²) in [6.07, 6.45) is 3.61. The SMILES string of the molecule is Cc1c(Cl)nc(C2CCC(C)C2)nc1-c1ccccc1. The van der Waals surface area contributed by atoms with Gasteiger partial charge < -0.3 is 0 Å². The average molecular weight is 287 g/mol. The standard InChI is InChI=1S/C17H19ClN2/c1-11-8-9-14(10-11)17-19-15(12(2)16(18)20-17)13-6-4-3-5-7-13/h3-7,11,14H,8-10H2,1-2H3. The molecule has 1 aliphatic rings. The van der Waals surface area contributed by atoms with Crippen LogP contribution in [-0.2, 0) is 0 Å². The third-order valence-electron chi connectivity index (χ3n) is 4.21. The topological polar surface area (TPSA) is 25.8 Å². The Hall–Kier alpha value is -1.41. The second-order valence-electron chi connectivity index (χ2n) is 5.83. The van der Waals surface area contributed by atoms with Gasteiger partial charge >= 0.3 is 0 Å². The van der Waals surface area contributed by atoms with E-state index in [0.29, 0.717) is 11.1 Å². The lowest BCUT2D eigenvalue weighted by Crippen LogP contribution is -2.05. The van der Waals surface area contributed by atoms with E-state index in [0.717, 1.165) is 28.6 Å². The Morgan fingerprint density at radius 1 is 1.10 bits per heavy atom. The number of rotatable bonds is 2. The van der Waals surface area contributed by atoms with Crippen LogP contribution in [0.4, 0.5) is 0 Å². The summed E-state index contributed by atoms with van der Waals surface area (Å²) in [5, 5.41) is 0.591. The first-order valence-electron chi connectivity index (χ1n) is 7.24. The van der Waals surface area contributed by atoms with Crippen LogP contribution in [0.1, 0.15) is 43.5 Å². The Morgan fingerprint density at radius 3 is 2.50 bits per heavy atom. The van der Waals surface area contributed by atoms with Gasteiger partial charge in [0.1, 0.15) is 11.0 Å². The molecule has 1 heterocycles. The van der Waals surface area contributed by atoms with Gasteiger partial charge in [0.05, 0.1) is 5.69 Å². The molecule has 0 N–H and O–H groups in total. The summed E-state index contributed by atoms with van der Waals surface area (Å²) in [5.74, 6) is 2.15. The Morgan fingerprint density at radius 2 is 1.85 bits per heavy atom. The molecule has 0 saturated heterocycles. The molecule has 0 amide bonds. The van der Waals surface area contributed by atoms with Crippen molar-refractivity contribution in [2.24, 2.45) is 5.92 Å². The maximum absolute atomic E-state index is 6.33. The fraction of sp³-hybridized carbons (Fsp3) is 0.412. The van der Waals surface area contributed by atoms with E-state index in [1.165, 1.54) is 19.3 Å². The fourth-order valence-electron chi connectivity index (χ4n) is 3.01. The second-order valence-corrected chi connectivity index (χ2v) is 6.19. The summed E-state index contributed by atoms with van der Waals surface area (Å²) in [4.78, 5) is 9.35. The van der Waals surface area contributed by atoms with Crippen molar-refractivity contribution in [3.8, 4) is 11.3 Å². The van der Waals surface area contributed by atoms with Gasteiger partial charge in [-0.15, -0.1) is 0 Å². The highest BCUT2D eigenvalue weighted by molar-refractivity contribution is 6.30. The van der Waals surface area contributed by atoms with Crippen molar-refractivity contribution in [3.05, 3.63) is 46.9 Å². The van der Waals surface area contributed by atoms with E-state index in [2.05, 4.69) is 24.0 Å². The van der Waals surface area contributed by atoms with Gasteiger partial charge in [0, 0.05) is 17.0 Å². The Balaban J connectivity index is 2.04. The third-order valence-corrected chi connectivity index (χ3v) is 4.58. The molecule has 2 aromatic rings. The van der Waals surface area contributed by atoms with Gasteiger partial charge in [-0.1, -0.05) is 48.9 Å². The smallest absolute Gasteiger partial charge is 0.136 e. The molecule has 0 aliphatic heterocycles. The highest BCUT2D eigenvalue weighted by Crippen LogP contribution is 2.38. The van der Waals surface area contributed by atoms with Crippen molar-refractivity contribution in [1.29, 1.82) is 0 Å². The van der Waals surface area contributed by atoms with Crippen LogP contribution in [0, 0.1) is 12.8 Å². The summed E-state index contributed by atoms with van der Waals surface area (Å²) in [6.45, 7) is 4.29. The number of halogens is 1. The zero-order valence-corrected chi connectivity index (χ0v) is 12.7. The van der Waals surface area contributed by atoms with E-state index in [9.17, 15) is 0 Å². The fourth-order valence-corrected chi connectivity index (χ4v) is 3.18. The first-order valence-corrected chi connectivity index (χ1v) is 7.62. The molecule has 0 radical (unpaired) electrons. The zero-order valence-electron chi connectivity index (χ0n) is 11.9. The van der Waals surface area contributed by atoms with E-state index in [-0.39, 0.29) is 0 Å². The molecular formula is C17H19ClN2. The number of benzene rings is 1. The molecule has 104 valence electrons. The van der Waals surface area contributed by atoms with E-state index in [1.807, 2.05) is 25.1 Å². The number of hydrogen-bond acceptors (Lipinski definition) is 2. The second kappa shape index (κ2) is 5.53. The predicted molar refractivity (Wildman–Crippen MR) is 83.0 cm³/mol. The van der Waals surface area contributed by atoms with Crippen molar-refractivity contribution in [1.82, 2.24) is 9.97 Å². The first kappa shape index (κ1) is 13.6. The Labute approximate surface area is 125 Å². The molecule has 3 rings (SSSR count). The lowest BCUT2D eigenvalue weighted by molar-refractivity contribution is 0.585. The minimum atomic E-state index is 0.463. The van der Waals surface area contributed by atoms with Crippen LogP contribution in [0.3, 0.4) is 0 Å². The van der Waals surface area contributed by atoms with Crippen molar-refractivity contribution < 1.29 is 0 Å². The molecule has 20 heavy (non-hydrogen) atoms. The van der Waals surface area contributed by atoms with E-state index >= 15 is 0 Å². The third kappa shape index (κ3) is 2.57. The van der Waals surface area contributed by atoms with Gasteiger partial charge in [0.15, 0.2) is 0 Å². The average Bonchev–Trinajstić information content (AvgIpc) is 2.89. The summed E-state index contributed by atoms with van der Waals surface area (Å²) >= 11 is 6.33. The largest absolute Gasteiger partial charge is 0.232 e. The summed E-state index contributed by atoms with van der Waals surface area (Å²) in [7, 11) is 0. The molecule has 1 fully saturated rings. The Kier molecular flexibility index (Phi) is 3.75. The summed E-state index contributed by atoms with van der Waals surface area (Å²) in [5.41, 5.74) is 3.05. The lowest BCUT2D eigenvalue weighted by atomic mass is 10.0. The molecule has 2 unspecified atom stereocenters. The van der Waals surface area contributed by atoms with Gasteiger partial charge in [-0.05, 0) is 32.1 Å². The normalized spacial score (nSPS) is 22.1. The van der Waals surface area contributed by atoms with E-state index in [4.69, 9.17) is 16.6 Å². The molecule has 1 aromatic carbocycles. The van der Waals surface area contributed by atoms with Crippen LogP contribution in [0.5, 0.6) is 0 Å². The van der Waals surface area contributed by atoms with Crippen molar-refractivity contribution >= 4 is 11.6 Å². The van der Waals surface area contributed by atoms with Crippen molar-refractivity contribution in [3.63, 3.8) is 0 Å². The van der Waals surface area contributed by atoms with Gasteiger partial charge in [-0.25, -0.2) is 9.97 Å². The molecule has 2 atom stereocenters. The molecular weight excluding hydrogens is 268 g/mol. The van der Waals surface area contributed by atoms with Crippen LogP contribution in [0.15, 0.2) is 30.3 Å². The van der Waals surface area contributed by atoms with Gasteiger partial charge in [-0.2, -0.15) is 0 Å². The molecule has 3 heteroatoms. The van der Waals surface area contributed by atoms with E-state index < -0.39 is 0 Å². The minimum absolute atomic E-state index is 0.463. The molecule has 2 nitrogen and oxygen atoms in total. The molecule has 1 aliphatic carbocycles. The highest BCUT2D eigenvalue weighted by Gasteiger charge is 2.26. The van der Waals surface area contributed by atoms with Gasteiger partial charge in [0.2, 0.25) is 0 Å². The number of aromatic nitrogens is 2. The minimum Gasteiger partial charge on any atom is -0.232 e. The van der Waals surface area contributed by atoms with E-state index in [1.54, 1.807) is 0 Å². The maximum Gasteiger partial charge on any atom is 0.136 e. The molecule has 1 saturated carbocycles. The number of nitrogens with zero attached hydrogens (tertiary/aromatic N) is 2. The zero-order chi connectivity index (χ0) is 14.1.